The molecule has 9 heteroatoms. The molecule has 0 aliphatic carbocycles. The lowest BCUT2D eigenvalue weighted by Gasteiger charge is -2.26. The molecule has 33 heavy (non-hydrogen) atoms. The molecule has 9 nitrogen and oxygen atoms in total. The Kier molecular flexibility index (Phi) is 6.90. The van der Waals surface area contributed by atoms with Crippen LogP contribution in [0.15, 0.2) is 42.5 Å². The van der Waals surface area contributed by atoms with E-state index in [9.17, 15) is 19.5 Å². The SMILES string of the molecule is NC(=O)C[C@@H](C(=O)O)N1Cc2c(OCc3ccc(CN4CCOCC4)cc3)cccc2C1=O. The molecule has 2 amide bonds. The number of benzene rings is 2. The number of rotatable bonds is 9. The van der Waals surface area contributed by atoms with E-state index in [1.165, 1.54) is 5.56 Å². The third kappa shape index (κ3) is 5.32. The molecule has 2 aromatic carbocycles. The molecule has 2 aliphatic heterocycles. The van der Waals surface area contributed by atoms with Gasteiger partial charge in [-0.05, 0) is 23.3 Å². The van der Waals surface area contributed by atoms with E-state index < -0.39 is 30.2 Å². The minimum atomic E-state index is -1.31. The number of carboxylic acid groups (broad SMARTS) is 1. The van der Waals surface area contributed by atoms with Crippen LogP contribution in [0.3, 0.4) is 0 Å². The van der Waals surface area contributed by atoms with Crippen molar-refractivity contribution in [1.82, 2.24) is 9.80 Å². The number of nitrogens with two attached hydrogens (primary N) is 1. The number of amides is 2. The fraction of sp³-hybridized carbons (Fsp3) is 0.375. The third-order valence-corrected chi connectivity index (χ3v) is 5.94. The van der Waals surface area contributed by atoms with Gasteiger partial charge in [0, 0.05) is 30.8 Å². The van der Waals surface area contributed by atoms with E-state index in [1.807, 2.05) is 12.1 Å². The summed E-state index contributed by atoms with van der Waals surface area (Å²) in [5, 5.41) is 9.48. The molecule has 0 saturated carbocycles. The number of morpholine rings is 1. The van der Waals surface area contributed by atoms with Crippen molar-refractivity contribution in [3.63, 3.8) is 0 Å². The van der Waals surface area contributed by atoms with E-state index in [1.54, 1.807) is 18.2 Å². The number of carbonyl (C=O) groups is 3. The van der Waals surface area contributed by atoms with Crippen LogP contribution in [0.2, 0.25) is 0 Å². The lowest BCUT2D eigenvalue weighted by molar-refractivity contribution is -0.144. The number of hydrogen-bond acceptors (Lipinski definition) is 6. The molecular weight excluding hydrogens is 426 g/mol. The Bertz CT molecular complexity index is 1030. The third-order valence-electron chi connectivity index (χ3n) is 5.94. The maximum atomic E-state index is 12.8. The van der Waals surface area contributed by atoms with E-state index >= 15 is 0 Å². The highest BCUT2D eigenvalue weighted by Gasteiger charge is 2.38. The molecule has 0 aromatic heterocycles. The molecule has 1 atom stereocenters. The molecule has 1 saturated heterocycles. The van der Waals surface area contributed by atoms with E-state index in [4.69, 9.17) is 15.2 Å². The van der Waals surface area contributed by atoms with Crippen molar-refractivity contribution in [2.45, 2.75) is 32.2 Å². The second kappa shape index (κ2) is 10.0. The topological polar surface area (TPSA) is 122 Å². The maximum absolute atomic E-state index is 12.8. The first-order valence-corrected chi connectivity index (χ1v) is 10.9. The Hall–Kier alpha value is -3.43. The molecule has 3 N–H and O–H groups in total. The first-order valence-electron chi connectivity index (χ1n) is 10.9. The molecule has 0 radical (unpaired) electrons. The first-order chi connectivity index (χ1) is 15.9. The average molecular weight is 453 g/mol. The van der Waals surface area contributed by atoms with Gasteiger partial charge in [-0.3, -0.25) is 14.5 Å². The highest BCUT2D eigenvalue weighted by molar-refractivity contribution is 6.01. The summed E-state index contributed by atoms with van der Waals surface area (Å²) in [5.41, 5.74) is 8.38. The molecular formula is C24H27N3O6. The lowest BCUT2D eigenvalue weighted by Crippen LogP contribution is -2.43. The van der Waals surface area contributed by atoms with Gasteiger partial charge in [0.25, 0.3) is 5.91 Å². The number of aliphatic carboxylic acids is 1. The van der Waals surface area contributed by atoms with E-state index in [2.05, 4.69) is 17.0 Å². The minimum absolute atomic E-state index is 0.0487. The molecule has 4 rings (SSSR count). The van der Waals surface area contributed by atoms with Gasteiger partial charge in [0.2, 0.25) is 5.91 Å². The number of ether oxygens (including phenoxy) is 2. The summed E-state index contributed by atoms with van der Waals surface area (Å²) in [6, 6.07) is 12.0. The van der Waals surface area contributed by atoms with Gasteiger partial charge in [-0.25, -0.2) is 4.79 Å². The number of fused-ring (bicyclic) bond motifs is 1. The Morgan fingerprint density at radius 1 is 1.09 bits per heavy atom. The predicted octanol–water partition coefficient (Wildman–Crippen LogP) is 1.38. The fourth-order valence-corrected chi connectivity index (χ4v) is 4.15. The fourth-order valence-electron chi connectivity index (χ4n) is 4.15. The maximum Gasteiger partial charge on any atom is 0.326 e. The van der Waals surface area contributed by atoms with Gasteiger partial charge in [-0.15, -0.1) is 0 Å². The molecule has 174 valence electrons. The second-order valence-corrected chi connectivity index (χ2v) is 8.23. The first kappa shape index (κ1) is 22.8. The van der Waals surface area contributed by atoms with Crippen molar-refractivity contribution in [1.29, 1.82) is 0 Å². The molecule has 0 spiro atoms. The second-order valence-electron chi connectivity index (χ2n) is 8.23. The zero-order valence-electron chi connectivity index (χ0n) is 18.2. The monoisotopic (exact) mass is 453 g/mol. The van der Waals surface area contributed by atoms with Crippen LogP contribution in [-0.2, 0) is 34.0 Å². The van der Waals surface area contributed by atoms with Gasteiger partial charge in [-0.1, -0.05) is 30.3 Å². The highest BCUT2D eigenvalue weighted by Crippen LogP contribution is 2.33. The smallest absolute Gasteiger partial charge is 0.326 e. The van der Waals surface area contributed by atoms with Gasteiger partial charge >= 0.3 is 5.97 Å². The van der Waals surface area contributed by atoms with Crippen LogP contribution < -0.4 is 10.5 Å². The van der Waals surface area contributed by atoms with Crippen LogP contribution in [0.1, 0.15) is 33.5 Å². The highest BCUT2D eigenvalue weighted by atomic mass is 16.5. The number of carboxylic acids is 1. The standard InChI is InChI=1S/C24H27N3O6/c25-22(28)12-20(24(30)31)27-14-19-18(23(27)29)2-1-3-21(19)33-15-17-6-4-16(5-7-17)13-26-8-10-32-11-9-26/h1-7,20H,8-15H2,(H2,25,28)(H,30,31)/t20-/m0/s1. The zero-order chi connectivity index (χ0) is 23.4. The van der Waals surface area contributed by atoms with Gasteiger partial charge in [0.05, 0.1) is 26.2 Å². The predicted molar refractivity (Wildman–Crippen MR) is 118 cm³/mol. The normalized spacial score (nSPS) is 17.0. The van der Waals surface area contributed by atoms with Crippen molar-refractivity contribution in [3.05, 3.63) is 64.7 Å². The van der Waals surface area contributed by atoms with Crippen LogP contribution in [0.4, 0.5) is 0 Å². The summed E-state index contributed by atoms with van der Waals surface area (Å²) in [5.74, 6) is -1.98. The van der Waals surface area contributed by atoms with Gasteiger partial charge in [0.15, 0.2) is 0 Å². The summed E-state index contributed by atoms with van der Waals surface area (Å²) in [7, 11) is 0. The molecule has 0 bridgehead atoms. The molecule has 2 aromatic rings. The quantitative estimate of drug-likeness (QED) is 0.588. The number of nitrogens with zero attached hydrogens (tertiary/aromatic N) is 2. The van der Waals surface area contributed by atoms with Crippen LogP contribution in [0.25, 0.3) is 0 Å². The summed E-state index contributed by atoms with van der Waals surface area (Å²) < 4.78 is 11.4. The molecule has 2 heterocycles. The van der Waals surface area contributed by atoms with Crippen molar-refractivity contribution in [2.75, 3.05) is 26.3 Å². The molecule has 2 aliphatic rings. The van der Waals surface area contributed by atoms with Crippen molar-refractivity contribution in [2.24, 2.45) is 5.73 Å². The molecule has 0 unspecified atom stereocenters. The van der Waals surface area contributed by atoms with Gasteiger partial charge in [0.1, 0.15) is 18.4 Å². The van der Waals surface area contributed by atoms with Crippen LogP contribution in [0, 0.1) is 0 Å². The van der Waals surface area contributed by atoms with Crippen LogP contribution in [-0.4, -0.2) is 65.0 Å². The van der Waals surface area contributed by atoms with Gasteiger partial charge < -0.3 is 25.2 Å². The Morgan fingerprint density at radius 2 is 1.79 bits per heavy atom. The minimum Gasteiger partial charge on any atom is -0.489 e. The van der Waals surface area contributed by atoms with Crippen molar-refractivity contribution in [3.8, 4) is 5.75 Å². The Morgan fingerprint density at radius 3 is 2.45 bits per heavy atom. The number of hydrogen-bond donors (Lipinski definition) is 2. The Balaban J connectivity index is 1.41. The summed E-state index contributed by atoms with van der Waals surface area (Å²) in [6.45, 7) is 4.64. The summed E-state index contributed by atoms with van der Waals surface area (Å²) in [4.78, 5) is 39.2. The zero-order valence-corrected chi connectivity index (χ0v) is 18.2. The largest absolute Gasteiger partial charge is 0.489 e. The molecule has 1 fully saturated rings. The van der Waals surface area contributed by atoms with E-state index in [0.717, 1.165) is 43.3 Å². The summed E-state index contributed by atoms with van der Waals surface area (Å²) in [6.07, 6.45) is -0.442. The van der Waals surface area contributed by atoms with E-state index in [-0.39, 0.29) is 6.54 Å². The van der Waals surface area contributed by atoms with Crippen molar-refractivity contribution >= 4 is 17.8 Å². The average Bonchev–Trinajstić information content (AvgIpc) is 3.14. The lowest BCUT2D eigenvalue weighted by atomic mass is 10.1. The van der Waals surface area contributed by atoms with E-state index in [0.29, 0.717) is 23.5 Å². The summed E-state index contributed by atoms with van der Waals surface area (Å²) >= 11 is 0. The van der Waals surface area contributed by atoms with Crippen molar-refractivity contribution < 1.29 is 29.0 Å². The Labute approximate surface area is 191 Å². The number of primary amides is 1. The van der Waals surface area contributed by atoms with Gasteiger partial charge in [-0.2, -0.15) is 0 Å². The van der Waals surface area contributed by atoms with Crippen LogP contribution in [0.5, 0.6) is 5.75 Å². The van der Waals surface area contributed by atoms with Crippen LogP contribution >= 0.6 is 0 Å². The number of carbonyl (C=O) groups excluding carboxylic acids is 2.